The van der Waals surface area contributed by atoms with Gasteiger partial charge in [-0.1, -0.05) is 32.0 Å². The lowest BCUT2D eigenvalue weighted by Crippen LogP contribution is -2.41. The van der Waals surface area contributed by atoms with Crippen molar-refractivity contribution in [1.82, 2.24) is 10.9 Å². The van der Waals surface area contributed by atoms with Crippen molar-refractivity contribution in [1.29, 1.82) is 0 Å². The molecule has 0 unspecified atom stereocenters. The molecule has 0 saturated carbocycles. The highest BCUT2D eigenvalue weighted by molar-refractivity contribution is 7.12. The van der Waals surface area contributed by atoms with E-state index in [2.05, 4.69) is 24.7 Å². The van der Waals surface area contributed by atoms with Gasteiger partial charge < -0.3 is 0 Å². The van der Waals surface area contributed by atoms with Crippen LogP contribution in [0.5, 0.6) is 0 Å². The number of carbonyl (C=O) groups is 2. The molecule has 1 aromatic heterocycles. The van der Waals surface area contributed by atoms with Gasteiger partial charge >= 0.3 is 0 Å². The fourth-order valence-electron chi connectivity index (χ4n) is 1.67. The van der Waals surface area contributed by atoms with E-state index >= 15 is 0 Å². The molecule has 0 atom stereocenters. The van der Waals surface area contributed by atoms with E-state index in [4.69, 9.17) is 0 Å². The largest absolute Gasteiger partial charge is 0.279 e. The molecule has 1 heterocycles. The van der Waals surface area contributed by atoms with Crippen LogP contribution in [-0.4, -0.2) is 11.8 Å². The molecular formula is C15H16N2O2S. The van der Waals surface area contributed by atoms with Crippen LogP contribution in [0.1, 0.15) is 45.4 Å². The summed E-state index contributed by atoms with van der Waals surface area (Å²) in [5, 5.41) is 1.81. The summed E-state index contributed by atoms with van der Waals surface area (Å²) in [6.07, 6.45) is 0. The molecule has 0 bridgehead atoms. The van der Waals surface area contributed by atoms with Crippen LogP contribution in [0.4, 0.5) is 0 Å². The van der Waals surface area contributed by atoms with Crippen molar-refractivity contribution in [2.24, 2.45) is 0 Å². The SMILES string of the molecule is CC(C)c1ccc(C(=O)NNC(=O)c2cccs2)cc1. The number of rotatable bonds is 3. The van der Waals surface area contributed by atoms with Crippen molar-refractivity contribution in [3.8, 4) is 0 Å². The first-order valence-corrected chi connectivity index (χ1v) is 7.20. The average Bonchev–Trinajstić information content (AvgIpc) is 2.98. The van der Waals surface area contributed by atoms with Crippen molar-refractivity contribution >= 4 is 23.2 Å². The van der Waals surface area contributed by atoms with E-state index < -0.39 is 0 Å². The summed E-state index contributed by atoms with van der Waals surface area (Å²) in [5.74, 6) is -0.219. The molecule has 2 amide bonds. The lowest BCUT2D eigenvalue weighted by Gasteiger charge is -2.08. The van der Waals surface area contributed by atoms with E-state index in [0.717, 1.165) is 0 Å². The summed E-state index contributed by atoms with van der Waals surface area (Å²) in [4.78, 5) is 24.1. The molecule has 2 aromatic rings. The van der Waals surface area contributed by atoms with Gasteiger partial charge in [-0.05, 0) is 35.1 Å². The molecule has 0 aliphatic rings. The molecule has 0 aliphatic carbocycles. The average molecular weight is 288 g/mol. The second-order valence-corrected chi connectivity index (χ2v) is 5.61. The highest BCUT2D eigenvalue weighted by atomic mass is 32.1. The molecule has 0 saturated heterocycles. The van der Waals surface area contributed by atoms with Crippen molar-refractivity contribution in [3.63, 3.8) is 0 Å². The van der Waals surface area contributed by atoms with Crippen molar-refractivity contribution in [3.05, 3.63) is 57.8 Å². The molecule has 5 heteroatoms. The zero-order valence-electron chi connectivity index (χ0n) is 11.3. The third-order valence-corrected chi connectivity index (χ3v) is 3.74. The van der Waals surface area contributed by atoms with Gasteiger partial charge in [0.05, 0.1) is 4.88 Å². The maximum Gasteiger partial charge on any atom is 0.279 e. The summed E-state index contributed by atoms with van der Waals surface area (Å²) in [6.45, 7) is 4.19. The molecule has 104 valence electrons. The van der Waals surface area contributed by atoms with Crippen molar-refractivity contribution < 1.29 is 9.59 Å². The highest BCUT2D eigenvalue weighted by Gasteiger charge is 2.09. The Bertz CT molecular complexity index is 589. The number of thiophene rings is 1. The van der Waals surface area contributed by atoms with Crippen LogP contribution in [-0.2, 0) is 0 Å². The number of hydrazine groups is 1. The predicted octanol–water partition coefficient (Wildman–Crippen LogP) is 2.95. The fourth-order valence-corrected chi connectivity index (χ4v) is 2.29. The van der Waals surface area contributed by atoms with Crippen LogP contribution in [0.2, 0.25) is 0 Å². The summed E-state index contributed by atoms with van der Waals surface area (Å²) in [7, 11) is 0. The second-order valence-electron chi connectivity index (χ2n) is 4.66. The Labute approximate surface area is 121 Å². The van der Waals surface area contributed by atoms with Gasteiger partial charge in [0.1, 0.15) is 0 Å². The third-order valence-electron chi connectivity index (χ3n) is 2.87. The molecule has 1 aromatic carbocycles. The summed E-state index contributed by atoms with van der Waals surface area (Å²) >= 11 is 1.32. The Morgan fingerprint density at radius 3 is 2.20 bits per heavy atom. The Hall–Kier alpha value is -2.14. The summed E-state index contributed by atoms with van der Waals surface area (Å²) in [5.41, 5.74) is 6.48. The molecular weight excluding hydrogens is 272 g/mol. The summed E-state index contributed by atoms with van der Waals surface area (Å²) < 4.78 is 0. The van der Waals surface area contributed by atoms with Gasteiger partial charge in [0, 0.05) is 5.56 Å². The van der Waals surface area contributed by atoms with E-state index in [0.29, 0.717) is 16.4 Å². The Morgan fingerprint density at radius 2 is 1.65 bits per heavy atom. The van der Waals surface area contributed by atoms with Crippen molar-refractivity contribution in [2.75, 3.05) is 0 Å². The van der Waals surface area contributed by atoms with Gasteiger partial charge in [-0.2, -0.15) is 0 Å². The molecule has 0 fully saturated rings. The lowest BCUT2D eigenvalue weighted by molar-refractivity contribution is 0.0849. The van der Waals surface area contributed by atoms with Crippen molar-refractivity contribution in [2.45, 2.75) is 19.8 Å². The molecule has 20 heavy (non-hydrogen) atoms. The minimum absolute atomic E-state index is 0.313. The number of hydrogen-bond donors (Lipinski definition) is 2. The van der Waals surface area contributed by atoms with Crippen LogP contribution in [0, 0.1) is 0 Å². The van der Waals surface area contributed by atoms with Crippen LogP contribution in [0.25, 0.3) is 0 Å². The molecule has 2 N–H and O–H groups in total. The molecule has 2 rings (SSSR count). The van der Waals surface area contributed by atoms with Gasteiger partial charge in [0.25, 0.3) is 11.8 Å². The summed E-state index contributed by atoms with van der Waals surface area (Å²) in [6, 6.07) is 10.8. The lowest BCUT2D eigenvalue weighted by atomic mass is 10.0. The van der Waals surface area contributed by atoms with Crippen LogP contribution < -0.4 is 10.9 Å². The van der Waals surface area contributed by atoms with Crippen LogP contribution >= 0.6 is 11.3 Å². The standard InChI is InChI=1S/C15H16N2O2S/c1-10(2)11-5-7-12(8-6-11)14(18)16-17-15(19)13-4-3-9-20-13/h3-10H,1-2H3,(H,16,18)(H,17,19). The van der Waals surface area contributed by atoms with Gasteiger partial charge in [0.2, 0.25) is 0 Å². The topological polar surface area (TPSA) is 58.2 Å². The third kappa shape index (κ3) is 3.45. The van der Waals surface area contributed by atoms with Crippen LogP contribution in [0.15, 0.2) is 41.8 Å². The zero-order chi connectivity index (χ0) is 14.5. The number of amides is 2. The Balaban J connectivity index is 1.93. The first-order valence-electron chi connectivity index (χ1n) is 6.32. The maximum atomic E-state index is 11.9. The van der Waals surface area contributed by atoms with E-state index in [-0.39, 0.29) is 11.8 Å². The molecule has 0 spiro atoms. The van der Waals surface area contributed by atoms with E-state index in [1.165, 1.54) is 16.9 Å². The number of benzene rings is 1. The monoisotopic (exact) mass is 288 g/mol. The Morgan fingerprint density at radius 1 is 1.00 bits per heavy atom. The molecule has 0 radical (unpaired) electrons. The number of hydrogen-bond acceptors (Lipinski definition) is 3. The van der Waals surface area contributed by atoms with Gasteiger partial charge in [-0.15, -0.1) is 11.3 Å². The zero-order valence-corrected chi connectivity index (χ0v) is 12.2. The maximum absolute atomic E-state index is 11.9. The fraction of sp³-hybridized carbons (Fsp3) is 0.200. The molecule has 4 nitrogen and oxygen atoms in total. The smallest absolute Gasteiger partial charge is 0.267 e. The first-order chi connectivity index (χ1) is 9.58. The second kappa shape index (κ2) is 6.34. The minimum atomic E-state index is -0.329. The first kappa shape index (κ1) is 14.3. The Kier molecular flexibility index (Phi) is 4.53. The predicted molar refractivity (Wildman–Crippen MR) is 79.8 cm³/mol. The van der Waals surface area contributed by atoms with Gasteiger partial charge in [-0.3, -0.25) is 20.4 Å². The van der Waals surface area contributed by atoms with Gasteiger partial charge in [-0.25, -0.2) is 0 Å². The van der Waals surface area contributed by atoms with Gasteiger partial charge in [0.15, 0.2) is 0 Å². The van der Waals surface area contributed by atoms with E-state index in [9.17, 15) is 9.59 Å². The number of nitrogens with one attached hydrogen (secondary N) is 2. The normalized spacial score (nSPS) is 10.3. The highest BCUT2D eigenvalue weighted by Crippen LogP contribution is 2.14. The minimum Gasteiger partial charge on any atom is -0.267 e. The number of carbonyl (C=O) groups excluding carboxylic acids is 2. The van der Waals surface area contributed by atoms with Crippen LogP contribution in [0.3, 0.4) is 0 Å². The van der Waals surface area contributed by atoms with E-state index in [1.807, 2.05) is 12.1 Å². The quantitative estimate of drug-likeness (QED) is 0.853. The molecule has 0 aliphatic heterocycles. The van der Waals surface area contributed by atoms with E-state index in [1.54, 1.807) is 29.6 Å².